The van der Waals surface area contributed by atoms with E-state index in [-0.39, 0.29) is 0 Å². The highest BCUT2D eigenvalue weighted by atomic mass is 14.9. The largest absolute Gasteiger partial charge is 0.304 e. The van der Waals surface area contributed by atoms with Gasteiger partial charge in [-0.25, -0.2) is 0 Å². The smallest absolute Gasteiger partial charge is 0.0331 e. The predicted molar refractivity (Wildman–Crippen MR) is 60.3 cm³/mol. The molecule has 0 saturated carbocycles. The summed E-state index contributed by atoms with van der Waals surface area (Å²) < 4.78 is 0. The molecule has 1 heteroatoms. The van der Waals surface area contributed by atoms with E-state index in [0.29, 0.717) is 12.1 Å². The summed E-state index contributed by atoms with van der Waals surface area (Å²) in [6.07, 6.45) is 4.39. The first-order valence-corrected chi connectivity index (χ1v) is 5.27. The van der Waals surface area contributed by atoms with Gasteiger partial charge in [0.2, 0.25) is 0 Å². The van der Waals surface area contributed by atoms with Crippen molar-refractivity contribution in [2.24, 2.45) is 0 Å². The number of fused-ring (bicyclic) bond motifs is 1. The Labute approximate surface area is 85.8 Å². The zero-order valence-electron chi connectivity index (χ0n) is 8.66. The molecule has 0 fully saturated rings. The number of benzene rings is 1. The summed E-state index contributed by atoms with van der Waals surface area (Å²) in [5.74, 6) is 0. The predicted octanol–water partition coefficient (Wildman–Crippen LogP) is 2.84. The van der Waals surface area contributed by atoms with E-state index >= 15 is 0 Å². The highest BCUT2D eigenvalue weighted by Gasteiger charge is 2.21. The van der Waals surface area contributed by atoms with Crippen molar-refractivity contribution in [3.05, 3.63) is 48.0 Å². The monoisotopic (exact) mass is 187 g/mol. The van der Waals surface area contributed by atoms with Crippen molar-refractivity contribution >= 4 is 0 Å². The molecule has 0 heterocycles. The van der Waals surface area contributed by atoms with Crippen molar-refractivity contribution in [2.45, 2.75) is 31.8 Å². The zero-order valence-corrected chi connectivity index (χ0v) is 8.66. The molecule has 2 atom stereocenters. The lowest BCUT2D eigenvalue weighted by atomic mass is 10.1. The first-order valence-electron chi connectivity index (χ1n) is 5.27. The van der Waals surface area contributed by atoms with Crippen LogP contribution in [0.5, 0.6) is 0 Å². The molecule has 74 valence electrons. The van der Waals surface area contributed by atoms with Crippen LogP contribution in [0.15, 0.2) is 36.9 Å². The fourth-order valence-corrected chi connectivity index (χ4v) is 2.12. The molecule has 14 heavy (non-hydrogen) atoms. The minimum atomic E-state index is 0.395. The van der Waals surface area contributed by atoms with Crippen molar-refractivity contribution in [1.82, 2.24) is 5.32 Å². The molecule has 0 spiro atoms. The first-order chi connectivity index (χ1) is 6.81. The minimum absolute atomic E-state index is 0.395. The molecule has 0 bridgehead atoms. The molecule has 0 amide bonds. The molecule has 2 unspecified atom stereocenters. The number of rotatable bonds is 3. The molecule has 1 N–H and O–H groups in total. The number of nitrogens with one attached hydrogen (secondary N) is 1. The Bertz CT molecular complexity index is 330. The normalized spacial score (nSPS) is 21.6. The van der Waals surface area contributed by atoms with Gasteiger partial charge in [-0.1, -0.05) is 30.3 Å². The van der Waals surface area contributed by atoms with Crippen molar-refractivity contribution in [3.63, 3.8) is 0 Å². The van der Waals surface area contributed by atoms with Crippen molar-refractivity contribution in [3.8, 4) is 0 Å². The number of aryl methyl sites for hydroxylation is 1. The summed E-state index contributed by atoms with van der Waals surface area (Å²) in [6.45, 7) is 5.94. The molecule has 1 aromatic rings. The van der Waals surface area contributed by atoms with E-state index in [4.69, 9.17) is 0 Å². The third kappa shape index (κ3) is 1.73. The quantitative estimate of drug-likeness (QED) is 0.717. The van der Waals surface area contributed by atoms with Crippen LogP contribution in [0, 0.1) is 0 Å². The maximum Gasteiger partial charge on any atom is 0.0331 e. The molecule has 1 nitrogen and oxygen atoms in total. The van der Waals surface area contributed by atoms with Crippen LogP contribution in [0.4, 0.5) is 0 Å². The third-order valence-corrected chi connectivity index (χ3v) is 2.95. The molecular formula is C13H17N. The second-order valence-electron chi connectivity index (χ2n) is 3.98. The molecule has 1 aromatic carbocycles. The van der Waals surface area contributed by atoms with Crippen molar-refractivity contribution < 1.29 is 0 Å². The van der Waals surface area contributed by atoms with E-state index in [2.05, 4.69) is 43.1 Å². The lowest BCUT2D eigenvalue weighted by molar-refractivity contribution is 0.500. The van der Waals surface area contributed by atoms with E-state index in [9.17, 15) is 0 Å². The Kier molecular flexibility index (Phi) is 2.69. The minimum Gasteiger partial charge on any atom is -0.304 e. The third-order valence-electron chi connectivity index (χ3n) is 2.95. The Morgan fingerprint density at radius 1 is 1.50 bits per heavy atom. The molecule has 0 aromatic heterocycles. The zero-order chi connectivity index (χ0) is 9.97. The lowest BCUT2D eigenvalue weighted by Gasteiger charge is -2.17. The summed E-state index contributed by atoms with van der Waals surface area (Å²) >= 11 is 0. The van der Waals surface area contributed by atoms with Crippen LogP contribution in [0.2, 0.25) is 0 Å². The molecule has 0 radical (unpaired) electrons. The summed E-state index contributed by atoms with van der Waals surface area (Å²) in [7, 11) is 0. The first kappa shape index (κ1) is 9.47. The summed E-state index contributed by atoms with van der Waals surface area (Å²) in [4.78, 5) is 0. The van der Waals surface area contributed by atoms with Crippen molar-refractivity contribution in [1.29, 1.82) is 0 Å². The van der Waals surface area contributed by atoms with Gasteiger partial charge in [0, 0.05) is 12.1 Å². The van der Waals surface area contributed by atoms with Crippen LogP contribution < -0.4 is 5.32 Å². The highest BCUT2D eigenvalue weighted by molar-refractivity contribution is 5.34. The summed E-state index contributed by atoms with van der Waals surface area (Å²) in [5.41, 5.74) is 2.97. The van der Waals surface area contributed by atoms with E-state index in [1.807, 2.05) is 6.08 Å². The van der Waals surface area contributed by atoms with Gasteiger partial charge in [0.05, 0.1) is 0 Å². The van der Waals surface area contributed by atoms with Crippen LogP contribution in [0.1, 0.15) is 30.5 Å². The maximum atomic E-state index is 3.80. The van der Waals surface area contributed by atoms with E-state index < -0.39 is 0 Å². The van der Waals surface area contributed by atoms with Gasteiger partial charge in [0.1, 0.15) is 0 Å². The van der Waals surface area contributed by atoms with Crippen LogP contribution in [0.25, 0.3) is 0 Å². The van der Waals surface area contributed by atoms with E-state index in [0.717, 1.165) is 0 Å². The Morgan fingerprint density at radius 3 is 3.07 bits per heavy atom. The molecule has 2 rings (SSSR count). The average molecular weight is 187 g/mol. The molecule has 0 aliphatic heterocycles. The number of hydrogen-bond acceptors (Lipinski definition) is 1. The van der Waals surface area contributed by atoms with Gasteiger partial charge in [0.25, 0.3) is 0 Å². The number of hydrogen-bond donors (Lipinski definition) is 1. The van der Waals surface area contributed by atoms with E-state index in [1.54, 1.807) is 0 Å². The van der Waals surface area contributed by atoms with Crippen LogP contribution in [-0.4, -0.2) is 6.04 Å². The van der Waals surface area contributed by atoms with Crippen molar-refractivity contribution in [2.75, 3.05) is 0 Å². The molecular weight excluding hydrogens is 170 g/mol. The van der Waals surface area contributed by atoms with Gasteiger partial charge in [0.15, 0.2) is 0 Å². The SMILES string of the molecule is C=CC(C)NC1CCc2ccccc21. The standard InChI is InChI=1S/C13H17N/c1-3-10(2)14-13-9-8-11-6-4-5-7-12(11)13/h3-7,10,13-14H,1,8-9H2,2H3. The van der Waals surface area contributed by atoms with Gasteiger partial charge >= 0.3 is 0 Å². The lowest BCUT2D eigenvalue weighted by Crippen LogP contribution is -2.27. The Balaban J connectivity index is 2.14. The van der Waals surface area contributed by atoms with Crippen LogP contribution in [0.3, 0.4) is 0 Å². The second-order valence-corrected chi connectivity index (χ2v) is 3.98. The maximum absolute atomic E-state index is 3.80. The Morgan fingerprint density at radius 2 is 2.29 bits per heavy atom. The van der Waals surface area contributed by atoms with E-state index in [1.165, 1.54) is 24.0 Å². The van der Waals surface area contributed by atoms with Gasteiger partial charge in [-0.15, -0.1) is 6.58 Å². The molecule has 1 aliphatic carbocycles. The second kappa shape index (κ2) is 3.97. The van der Waals surface area contributed by atoms with Gasteiger partial charge in [-0.2, -0.15) is 0 Å². The Hall–Kier alpha value is -1.08. The molecule has 0 saturated heterocycles. The topological polar surface area (TPSA) is 12.0 Å². The summed E-state index contributed by atoms with van der Waals surface area (Å²) in [5, 5.41) is 3.57. The van der Waals surface area contributed by atoms with Crippen LogP contribution in [-0.2, 0) is 6.42 Å². The highest BCUT2D eigenvalue weighted by Crippen LogP contribution is 2.30. The van der Waals surface area contributed by atoms with Gasteiger partial charge < -0.3 is 5.32 Å². The fraction of sp³-hybridized carbons (Fsp3) is 0.385. The summed E-state index contributed by atoms with van der Waals surface area (Å²) in [6, 6.07) is 9.63. The molecule has 1 aliphatic rings. The van der Waals surface area contributed by atoms with Crippen LogP contribution >= 0.6 is 0 Å². The fourth-order valence-electron chi connectivity index (χ4n) is 2.12. The van der Waals surface area contributed by atoms with Gasteiger partial charge in [-0.3, -0.25) is 0 Å². The van der Waals surface area contributed by atoms with Gasteiger partial charge in [-0.05, 0) is 30.9 Å². The average Bonchev–Trinajstić information content (AvgIpc) is 2.62.